The quantitative estimate of drug-likeness (QED) is 0.748. The number of benzene rings is 1. The molecule has 1 atom stereocenters. The SMILES string of the molecule is CCCNC(COc1cccc(C)c1)(C(=O)OC)C1CC1. The summed E-state index contributed by atoms with van der Waals surface area (Å²) in [6, 6.07) is 7.88. The van der Waals surface area contributed by atoms with E-state index in [0.717, 1.165) is 37.1 Å². The van der Waals surface area contributed by atoms with Crippen LogP contribution in [0.3, 0.4) is 0 Å². The molecule has 1 aliphatic carbocycles. The van der Waals surface area contributed by atoms with Gasteiger partial charge in [-0.15, -0.1) is 0 Å². The Labute approximate surface area is 126 Å². The fourth-order valence-electron chi connectivity index (χ4n) is 2.62. The minimum atomic E-state index is -0.714. The summed E-state index contributed by atoms with van der Waals surface area (Å²) in [5.41, 5.74) is 0.429. The summed E-state index contributed by atoms with van der Waals surface area (Å²) >= 11 is 0. The molecule has 0 amide bonds. The maximum Gasteiger partial charge on any atom is 0.329 e. The van der Waals surface area contributed by atoms with E-state index in [0.29, 0.717) is 12.5 Å². The smallest absolute Gasteiger partial charge is 0.329 e. The minimum absolute atomic E-state index is 0.217. The molecule has 4 heteroatoms. The van der Waals surface area contributed by atoms with E-state index in [9.17, 15) is 4.79 Å². The summed E-state index contributed by atoms with van der Waals surface area (Å²) in [5, 5.41) is 3.38. The number of carbonyl (C=O) groups excluding carboxylic acids is 1. The zero-order chi connectivity index (χ0) is 15.3. The van der Waals surface area contributed by atoms with Crippen molar-refractivity contribution >= 4 is 5.97 Å². The van der Waals surface area contributed by atoms with Crippen molar-refractivity contribution in [2.24, 2.45) is 5.92 Å². The van der Waals surface area contributed by atoms with Gasteiger partial charge < -0.3 is 9.47 Å². The molecule has 1 saturated carbocycles. The molecule has 1 aliphatic rings. The first kappa shape index (κ1) is 15.8. The zero-order valence-electron chi connectivity index (χ0n) is 13.1. The van der Waals surface area contributed by atoms with Crippen LogP contribution < -0.4 is 10.1 Å². The van der Waals surface area contributed by atoms with Crippen LogP contribution >= 0.6 is 0 Å². The van der Waals surface area contributed by atoms with Crippen molar-refractivity contribution in [3.05, 3.63) is 29.8 Å². The Morgan fingerprint density at radius 2 is 2.19 bits per heavy atom. The summed E-state index contributed by atoms with van der Waals surface area (Å²) < 4.78 is 11.0. The highest BCUT2D eigenvalue weighted by Gasteiger charge is 2.52. The van der Waals surface area contributed by atoms with E-state index in [1.54, 1.807) is 0 Å². The van der Waals surface area contributed by atoms with Crippen molar-refractivity contribution in [3.63, 3.8) is 0 Å². The molecule has 0 saturated heterocycles. The van der Waals surface area contributed by atoms with Gasteiger partial charge in [0.1, 0.15) is 12.4 Å². The van der Waals surface area contributed by atoms with E-state index < -0.39 is 5.54 Å². The summed E-state index contributed by atoms with van der Waals surface area (Å²) in [4.78, 5) is 12.3. The topological polar surface area (TPSA) is 47.6 Å². The normalized spacial score (nSPS) is 17.1. The van der Waals surface area contributed by atoms with E-state index in [-0.39, 0.29) is 5.97 Å². The first-order valence-corrected chi connectivity index (χ1v) is 7.65. The van der Waals surface area contributed by atoms with E-state index in [2.05, 4.69) is 12.2 Å². The van der Waals surface area contributed by atoms with E-state index in [1.807, 2.05) is 31.2 Å². The molecule has 2 rings (SSSR count). The van der Waals surface area contributed by atoms with Crippen molar-refractivity contribution in [2.45, 2.75) is 38.6 Å². The van der Waals surface area contributed by atoms with Crippen molar-refractivity contribution < 1.29 is 14.3 Å². The number of nitrogens with one attached hydrogen (secondary N) is 1. The summed E-state index contributed by atoms with van der Waals surface area (Å²) in [5.74, 6) is 0.884. The van der Waals surface area contributed by atoms with E-state index in [1.165, 1.54) is 7.11 Å². The second-order valence-electron chi connectivity index (χ2n) is 5.77. The van der Waals surface area contributed by atoms with Crippen molar-refractivity contribution in [1.82, 2.24) is 5.32 Å². The molecule has 21 heavy (non-hydrogen) atoms. The van der Waals surface area contributed by atoms with Crippen LogP contribution in [-0.2, 0) is 9.53 Å². The first-order valence-electron chi connectivity index (χ1n) is 7.65. The average molecular weight is 291 g/mol. The van der Waals surface area contributed by atoms with Gasteiger partial charge in [-0.25, -0.2) is 4.79 Å². The molecule has 0 spiro atoms. The standard InChI is InChI=1S/C17H25NO3/c1-4-10-18-17(14-8-9-14,16(19)20-3)12-21-15-7-5-6-13(2)11-15/h5-7,11,14,18H,4,8-10,12H2,1-3H3. The summed E-state index contributed by atoms with van der Waals surface area (Å²) in [6.45, 7) is 5.20. The Kier molecular flexibility index (Phi) is 5.23. The van der Waals surface area contributed by atoms with Gasteiger partial charge in [0.05, 0.1) is 7.11 Å². The lowest BCUT2D eigenvalue weighted by Gasteiger charge is -2.32. The second kappa shape index (κ2) is 6.94. The maximum atomic E-state index is 12.3. The lowest BCUT2D eigenvalue weighted by atomic mass is 9.94. The molecular weight excluding hydrogens is 266 g/mol. The molecular formula is C17H25NO3. The highest BCUT2D eigenvalue weighted by atomic mass is 16.5. The first-order chi connectivity index (χ1) is 10.1. The number of carbonyl (C=O) groups is 1. The van der Waals surface area contributed by atoms with Crippen LogP contribution in [0, 0.1) is 12.8 Å². The van der Waals surface area contributed by atoms with Gasteiger partial charge in [0, 0.05) is 0 Å². The van der Waals surface area contributed by atoms with Crippen molar-refractivity contribution in [1.29, 1.82) is 0 Å². The molecule has 1 N–H and O–H groups in total. The number of ether oxygens (including phenoxy) is 2. The fraction of sp³-hybridized carbons (Fsp3) is 0.588. The lowest BCUT2D eigenvalue weighted by Crippen LogP contribution is -2.59. The van der Waals surface area contributed by atoms with E-state index >= 15 is 0 Å². The third kappa shape index (κ3) is 3.76. The van der Waals surface area contributed by atoms with Gasteiger partial charge in [-0.1, -0.05) is 19.1 Å². The average Bonchev–Trinajstić information content (AvgIpc) is 3.32. The second-order valence-corrected chi connectivity index (χ2v) is 5.77. The highest BCUT2D eigenvalue weighted by Crippen LogP contribution is 2.41. The monoisotopic (exact) mass is 291 g/mol. The molecule has 0 heterocycles. The third-order valence-corrected chi connectivity index (χ3v) is 3.97. The van der Waals surface area contributed by atoms with Crippen LogP contribution in [0.4, 0.5) is 0 Å². The Morgan fingerprint density at radius 3 is 2.76 bits per heavy atom. The van der Waals surface area contributed by atoms with Crippen molar-refractivity contribution in [3.8, 4) is 5.75 Å². The Bertz CT molecular complexity index is 485. The molecule has 0 radical (unpaired) electrons. The molecule has 1 unspecified atom stereocenters. The largest absolute Gasteiger partial charge is 0.491 e. The summed E-state index contributed by atoms with van der Waals surface area (Å²) in [6.07, 6.45) is 3.06. The van der Waals surface area contributed by atoms with Crippen LogP contribution in [0.2, 0.25) is 0 Å². The van der Waals surface area contributed by atoms with Gasteiger partial charge in [-0.2, -0.15) is 0 Å². The highest BCUT2D eigenvalue weighted by molar-refractivity contribution is 5.82. The Balaban J connectivity index is 2.12. The molecule has 0 aromatic heterocycles. The molecule has 116 valence electrons. The van der Waals surface area contributed by atoms with E-state index in [4.69, 9.17) is 9.47 Å². The number of esters is 1. The van der Waals surface area contributed by atoms with Crippen LogP contribution in [-0.4, -0.2) is 31.8 Å². The molecule has 0 bridgehead atoms. The number of hydrogen-bond acceptors (Lipinski definition) is 4. The van der Waals surface area contributed by atoms with Gasteiger partial charge in [0.2, 0.25) is 0 Å². The van der Waals surface area contributed by atoms with Crippen molar-refractivity contribution in [2.75, 3.05) is 20.3 Å². The minimum Gasteiger partial charge on any atom is -0.491 e. The molecule has 1 fully saturated rings. The Hall–Kier alpha value is -1.55. The molecule has 0 aliphatic heterocycles. The predicted octanol–water partition coefficient (Wildman–Crippen LogP) is 2.70. The third-order valence-electron chi connectivity index (χ3n) is 3.97. The zero-order valence-corrected chi connectivity index (χ0v) is 13.1. The molecule has 1 aromatic rings. The maximum absolute atomic E-state index is 12.3. The number of aryl methyl sites for hydroxylation is 1. The van der Waals surface area contributed by atoms with Gasteiger partial charge in [0.15, 0.2) is 5.54 Å². The number of methoxy groups -OCH3 is 1. The number of rotatable bonds is 8. The predicted molar refractivity (Wildman–Crippen MR) is 82.4 cm³/mol. The van der Waals surface area contributed by atoms with Gasteiger partial charge in [-0.3, -0.25) is 5.32 Å². The van der Waals surface area contributed by atoms with Gasteiger partial charge >= 0.3 is 5.97 Å². The summed E-state index contributed by atoms with van der Waals surface area (Å²) in [7, 11) is 1.44. The molecule has 4 nitrogen and oxygen atoms in total. The van der Waals surface area contributed by atoms with Crippen LogP contribution in [0.5, 0.6) is 5.75 Å². The number of hydrogen-bond donors (Lipinski definition) is 1. The lowest BCUT2D eigenvalue weighted by molar-refractivity contribution is -0.151. The van der Waals surface area contributed by atoms with Crippen LogP contribution in [0.1, 0.15) is 31.7 Å². The van der Waals surface area contributed by atoms with Crippen LogP contribution in [0.15, 0.2) is 24.3 Å². The fourth-order valence-corrected chi connectivity index (χ4v) is 2.62. The van der Waals surface area contributed by atoms with Gasteiger partial charge in [-0.05, 0) is 56.3 Å². The van der Waals surface area contributed by atoms with Crippen LogP contribution in [0.25, 0.3) is 0 Å². The Morgan fingerprint density at radius 1 is 1.43 bits per heavy atom. The van der Waals surface area contributed by atoms with Gasteiger partial charge in [0.25, 0.3) is 0 Å². The molecule has 1 aromatic carbocycles.